The molecule has 1 fully saturated rings. The Bertz CT molecular complexity index is 496. The number of benzene rings is 1. The maximum atomic E-state index is 12.3. The van der Waals surface area contributed by atoms with Crippen LogP contribution in [-0.4, -0.2) is 17.4 Å². The number of amides is 1. The Morgan fingerprint density at radius 3 is 2.71 bits per heavy atom. The number of rotatable bonds is 4. The van der Waals surface area contributed by atoms with Crippen LogP contribution in [0.4, 0.5) is 0 Å². The number of carbonyl (C=O) groups excluding carboxylic acids is 1. The van der Waals surface area contributed by atoms with Gasteiger partial charge in [-0.15, -0.1) is 0 Å². The fraction of sp³-hybridized carbons (Fsp3) is 0.611. The molecule has 3 nitrogen and oxygen atoms in total. The molecular weight excluding hydrogens is 260 g/mol. The predicted octanol–water partition coefficient (Wildman–Crippen LogP) is 3.24. The predicted molar refractivity (Wildman–Crippen MR) is 86.7 cm³/mol. The van der Waals surface area contributed by atoms with Gasteiger partial charge < -0.3 is 10.6 Å². The van der Waals surface area contributed by atoms with Gasteiger partial charge in [0, 0.05) is 26.1 Å². The number of nitrogens with two attached hydrogens (primary N) is 1. The summed E-state index contributed by atoms with van der Waals surface area (Å²) in [6.45, 7) is 8.83. The zero-order valence-corrected chi connectivity index (χ0v) is 13.6. The molecule has 0 bridgehead atoms. The van der Waals surface area contributed by atoms with Gasteiger partial charge in [-0.25, -0.2) is 0 Å². The molecule has 21 heavy (non-hydrogen) atoms. The first-order valence-corrected chi connectivity index (χ1v) is 8.07. The van der Waals surface area contributed by atoms with Gasteiger partial charge in [-0.1, -0.05) is 32.0 Å². The second-order valence-corrected chi connectivity index (χ2v) is 6.61. The number of carbonyl (C=O) groups is 1. The molecule has 1 heterocycles. The Morgan fingerprint density at radius 2 is 2.10 bits per heavy atom. The second kappa shape index (κ2) is 7.08. The summed E-state index contributed by atoms with van der Waals surface area (Å²) >= 11 is 0. The average Bonchev–Trinajstić information content (AvgIpc) is 2.64. The second-order valence-electron chi connectivity index (χ2n) is 6.61. The molecule has 1 aromatic carbocycles. The lowest BCUT2D eigenvalue weighted by atomic mass is 9.89. The van der Waals surface area contributed by atoms with Crippen LogP contribution in [0.3, 0.4) is 0 Å². The highest BCUT2D eigenvalue weighted by atomic mass is 16.2. The summed E-state index contributed by atoms with van der Waals surface area (Å²) in [5.41, 5.74) is 9.30. The van der Waals surface area contributed by atoms with Crippen molar-refractivity contribution in [2.24, 2.45) is 17.6 Å². The van der Waals surface area contributed by atoms with Crippen LogP contribution in [0.2, 0.25) is 0 Å². The van der Waals surface area contributed by atoms with Crippen molar-refractivity contribution in [3.8, 4) is 0 Å². The number of hydrogen-bond donors (Lipinski definition) is 1. The van der Waals surface area contributed by atoms with Crippen molar-refractivity contribution in [1.82, 2.24) is 4.90 Å². The molecule has 3 heteroatoms. The normalized spacial score (nSPS) is 20.0. The lowest BCUT2D eigenvalue weighted by molar-refractivity contribution is -0.131. The van der Waals surface area contributed by atoms with E-state index in [-0.39, 0.29) is 0 Å². The third kappa shape index (κ3) is 4.07. The van der Waals surface area contributed by atoms with E-state index in [1.165, 1.54) is 11.1 Å². The summed E-state index contributed by atoms with van der Waals surface area (Å²) in [7, 11) is 0. The van der Waals surface area contributed by atoms with E-state index in [2.05, 4.69) is 39.0 Å². The van der Waals surface area contributed by atoms with Gasteiger partial charge in [0.15, 0.2) is 0 Å². The van der Waals surface area contributed by atoms with Crippen LogP contribution in [0.25, 0.3) is 0 Å². The van der Waals surface area contributed by atoms with Crippen molar-refractivity contribution in [1.29, 1.82) is 0 Å². The molecule has 0 spiro atoms. The average molecular weight is 288 g/mol. The first-order valence-electron chi connectivity index (χ1n) is 8.07. The SMILES string of the molecule is Cc1cc(CN)ccc1CN1CCC(C(C)C)CCC1=O. The Kier molecular flexibility index (Phi) is 5.40. The minimum absolute atomic E-state index is 0.306. The van der Waals surface area contributed by atoms with Gasteiger partial charge in [0.25, 0.3) is 0 Å². The summed E-state index contributed by atoms with van der Waals surface area (Å²) in [5, 5.41) is 0. The minimum Gasteiger partial charge on any atom is -0.338 e. The van der Waals surface area contributed by atoms with Crippen LogP contribution in [-0.2, 0) is 17.9 Å². The fourth-order valence-electron chi connectivity index (χ4n) is 3.16. The monoisotopic (exact) mass is 288 g/mol. The number of likely N-dealkylation sites (tertiary alicyclic amines) is 1. The fourth-order valence-corrected chi connectivity index (χ4v) is 3.16. The lowest BCUT2D eigenvalue weighted by Crippen LogP contribution is -2.30. The highest BCUT2D eigenvalue weighted by Crippen LogP contribution is 2.26. The van der Waals surface area contributed by atoms with Gasteiger partial charge in [0.1, 0.15) is 0 Å². The molecule has 0 radical (unpaired) electrons. The summed E-state index contributed by atoms with van der Waals surface area (Å²) in [4.78, 5) is 14.4. The van der Waals surface area contributed by atoms with Crippen molar-refractivity contribution < 1.29 is 4.79 Å². The van der Waals surface area contributed by atoms with Crippen molar-refractivity contribution in [2.75, 3.05) is 6.54 Å². The zero-order chi connectivity index (χ0) is 15.4. The summed E-state index contributed by atoms with van der Waals surface area (Å²) < 4.78 is 0. The molecule has 1 unspecified atom stereocenters. The molecule has 1 amide bonds. The van der Waals surface area contributed by atoms with Gasteiger partial charge >= 0.3 is 0 Å². The molecule has 2 rings (SSSR count). The van der Waals surface area contributed by atoms with Crippen molar-refractivity contribution in [3.63, 3.8) is 0 Å². The topological polar surface area (TPSA) is 46.3 Å². The van der Waals surface area contributed by atoms with E-state index in [0.29, 0.717) is 30.7 Å². The number of aryl methyl sites for hydroxylation is 1. The molecule has 1 atom stereocenters. The summed E-state index contributed by atoms with van der Waals surface area (Å²) in [6.07, 6.45) is 2.87. The molecule has 116 valence electrons. The minimum atomic E-state index is 0.306. The Balaban J connectivity index is 2.06. The molecule has 2 N–H and O–H groups in total. The summed E-state index contributed by atoms with van der Waals surface area (Å²) in [6, 6.07) is 6.33. The van der Waals surface area contributed by atoms with Gasteiger partial charge in [-0.2, -0.15) is 0 Å². The molecular formula is C18H28N2O. The van der Waals surface area contributed by atoms with Gasteiger partial charge in [-0.05, 0) is 48.3 Å². The van der Waals surface area contributed by atoms with Gasteiger partial charge in [0.05, 0.1) is 0 Å². The quantitative estimate of drug-likeness (QED) is 0.924. The van der Waals surface area contributed by atoms with E-state index >= 15 is 0 Å². The number of hydrogen-bond acceptors (Lipinski definition) is 2. The first kappa shape index (κ1) is 16.0. The Labute approximate surface area is 128 Å². The first-order chi connectivity index (χ1) is 10.0. The Morgan fingerprint density at radius 1 is 1.33 bits per heavy atom. The van der Waals surface area contributed by atoms with E-state index in [0.717, 1.165) is 31.5 Å². The Hall–Kier alpha value is -1.35. The molecule has 1 aliphatic rings. The molecule has 1 aromatic rings. The number of nitrogens with zero attached hydrogens (tertiary/aromatic N) is 1. The van der Waals surface area contributed by atoms with Crippen LogP contribution < -0.4 is 5.73 Å². The van der Waals surface area contributed by atoms with Crippen LogP contribution in [0.5, 0.6) is 0 Å². The van der Waals surface area contributed by atoms with Crippen LogP contribution in [0.1, 0.15) is 49.8 Å². The largest absolute Gasteiger partial charge is 0.338 e. The molecule has 0 aromatic heterocycles. The third-order valence-electron chi connectivity index (χ3n) is 4.80. The lowest BCUT2D eigenvalue weighted by Gasteiger charge is -2.23. The van der Waals surface area contributed by atoms with E-state index < -0.39 is 0 Å². The van der Waals surface area contributed by atoms with Crippen LogP contribution in [0.15, 0.2) is 18.2 Å². The van der Waals surface area contributed by atoms with E-state index in [1.807, 2.05) is 4.90 Å². The molecule has 0 aliphatic carbocycles. The molecule has 1 aliphatic heterocycles. The van der Waals surface area contributed by atoms with Crippen molar-refractivity contribution >= 4 is 5.91 Å². The summed E-state index contributed by atoms with van der Waals surface area (Å²) in [5.74, 6) is 1.66. The highest BCUT2D eigenvalue weighted by molar-refractivity contribution is 5.76. The highest BCUT2D eigenvalue weighted by Gasteiger charge is 2.24. The maximum Gasteiger partial charge on any atom is 0.222 e. The van der Waals surface area contributed by atoms with E-state index in [9.17, 15) is 4.79 Å². The molecule has 0 saturated carbocycles. The van der Waals surface area contributed by atoms with E-state index in [1.54, 1.807) is 0 Å². The van der Waals surface area contributed by atoms with Crippen molar-refractivity contribution in [2.45, 2.75) is 53.1 Å². The smallest absolute Gasteiger partial charge is 0.222 e. The molecule has 1 saturated heterocycles. The standard InChI is InChI=1S/C18H28N2O/c1-13(2)16-6-7-18(21)20(9-8-16)12-17-5-4-15(11-19)10-14(17)3/h4-5,10,13,16H,6-9,11-12,19H2,1-3H3. The van der Waals surface area contributed by atoms with Gasteiger partial charge in [-0.3, -0.25) is 4.79 Å². The van der Waals surface area contributed by atoms with Crippen molar-refractivity contribution in [3.05, 3.63) is 34.9 Å². The zero-order valence-electron chi connectivity index (χ0n) is 13.6. The van der Waals surface area contributed by atoms with Crippen LogP contribution >= 0.6 is 0 Å². The van der Waals surface area contributed by atoms with Gasteiger partial charge in [0.2, 0.25) is 5.91 Å². The van der Waals surface area contributed by atoms with E-state index in [4.69, 9.17) is 5.73 Å². The third-order valence-corrected chi connectivity index (χ3v) is 4.80. The van der Waals surface area contributed by atoms with Crippen LogP contribution in [0, 0.1) is 18.8 Å². The maximum absolute atomic E-state index is 12.3.